The maximum atomic E-state index is 5.75. The van der Waals surface area contributed by atoms with E-state index < -0.39 is 0 Å². The van der Waals surface area contributed by atoms with Crippen molar-refractivity contribution >= 4 is 12.6 Å². The molecular weight excluding hydrogens is 170 g/mol. The van der Waals surface area contributed by atoms with Crippen LogP contribution in [-0.2, 0) is 4.74 Å². The monoisotopic (exact) mass is 187 g/mol. The van der Waals surface area contributed by atoms with Crippen LogP contribution in [0, 0.1) is 0 Å². The number of ether oxygens (including phenoxy) is 1. The summed E-state index contributed by atoms with van der Waals surface area (Å²) < 4.78 is 5.75. The Balaban J connectivity index is 1.78. The molecule has 3 heteroatoms. The van der Waals surface area contributed by atoms with Crippen molar-refractivity contribution in [2.75, 3.05) is 25.4 Å². The van der Waals surface area contributed by atoms with Crippen LogP contribution in [0.4, 0.5) is 0 Å². The fourth-order valence-electron chi connectivity index (χ4n) is 2.18. The van der Waals surface area contributed by atoms with Crippen molar-refractivity contribution in [3.05, 3.63) is 0 Å². The van der Waals surface area contributed by atoms with Crippen molar-refractivity contribution in [3.63, 3.8) is 0 Å². The zero-order valence-electron chi connectivity index (χ0n) is 7.41. The molecule has 0 N–H and O–H groups in total. The van der Waals surface area contributed by atoms with Gasteiger partial charge in [-0.2, -0.15) is 12.6 Å². The van der Waals surface area contributed by atoms with Crippen molar-refractivity contribution in [1.82, 2.24) is 4.90 Å². The Morgan fingerprint density at radius 2 is 1.92 bits per heavy atom. The van der Waals surface area contributed by atoms with E-state index in [1.807, 2.05) is 0 Å². The van der Waals surface area contributed by atoms with Gasteiger partial charge in [0.05, 0.1) is 12.2 Å². The van der Waals surface area contributed by atoms with Gasteiger partial charge in [-0.25, -0.2) is 0 Å². The second kappa shape index (κ2) is 3.99. The lowest BCUT2D eigenvalue weighted by Gasteiger charge is -2.31. The minimum atomic E-state index is 0.545. The summed E-state index contributed by atoms with van der Waals surface area (Å²) in [5.41, 5.74) is 0. The largest absolute Gasteiger partial charge is 0.372 e. The Morgan fingerprint density at radius 1 is 1.25 bits per heavy atom. The van der Waals surface area contributed by atoms with Crippen molar-refractivity contribution in [1.29, 1.82) is 0 Å². The van der Waals surface area contributed by atoms with E-state index in [9.17, 15) is 0 Å². The van der Waals surface area contributed by atoms with Crippen molar-refractivity contribution in [3.8, 4) is 0 Å². The van der Waals surface area contributed by atoms with Gasteiger partial charge in [0.1, 0.15) is 0 Å². The fraction of sp³-hybridized carbons (Fsp3) is 1.00. The zero-order chi connectivity index (χ0) is 8.39. The molecule has 70 valence electrons. The van der Waals surface area contributed by atoms with E-state index in [-0.39, 0.29) is 0 Å². The average molecular weight is 187 g/mol. The van der Waals surface area contributed by atoms with E-state index in [0.717, 1.165) is 18.8 Å². The van der Waals surface area contributed by atoms with Crippen molar-refractivity contribution in [2.45, 2.75) is 31.5 Å². The van der Waals surface area contributed by atoms with E-state index in [1.54, 1.807) is 0 Å². The first-order valence-electron chi connectivity index (χ1n) is 4.87. The number of rotatable bonds is 3. The number of hydrogen-bond acceptors (Lipinski definition) is 3. The van der Waals surface area contributed by atoms with E-state index in [4.69, 9.17) is 4.74 Å². The molecule has 0 spiro atoms. The van der Waals surface area contributed by atoms with Gasteiger partial charge in [-0.15, -0.1) is 0 Å². The van der Waals surface area contributed by atoms with Gasteiger partial charge >= 0.3 is 0 Å². The fourth-order valence-corrected chi connectivity index (χ4v) is 2.32. The number of nitrogens with zero attached hydrogens (tertiary/aromatic N) is 1. The highest BCUT2D eigenvalue weighted by atomic mass is 32.1. The normalized spacial score (nSPS) is 35.8. The predicted molar refractivity (Wildman–Crippen MR) is 52.8 cm³/mol. The smallest absolute Gasteiger partial charge is 0.0707 e. The molecular formula is C9H17NOS. The van der Waals surface area contributed by atoms with Crippen LogP contribution in [0.5, 0.6) is 0 Å². The summed E-state index contributed by atoms with van der Waals surface area (Å²) in [6.45, 7) is 3.52. The Kier molecular flexibility index (Phi) is 2.94. The average Bonchev–Trinajstić information content (AvgIpc) is 2.42. The van der Waals surface area contributed by atoms with E-state index in [1.165, 1.54) is 25.8 Å². The van der Waals surface area contributed by atoms with Crippen LogP contribution in [0.1, 0.15) is 19.3 Å². The number of thiol groups is 1. The first kappa shape index (κ1) is 8.85. The summed E-state index contributed by atoms with van der Waals surface area (Å²) in [6, 6.07) is 0. The molecule has 2 atom stereocenters. The Hall–Kier alpha value is 0.270. The van der Waals surface area contributed by atoms with Crippen LogP contribution in [-0.4, -0.2) is 42.5 Å². The standard InChI is InChI=1S/C9H17NOS/c12-5-1-4-10-6-8-2-3-9(7-10)11-8/h8-9,12H,1-7H2. The van der Waals surface area contributed by atoms with Gasteiger partial charge in [-0.05, 0) is 31.6 Å². The zero-order valence-corrected chi connectivity index (χ0v) is 8.30. The van der Waals surface area contributed by atoms with Gasteiger partial charge in [-0.1, -0.05) is 0 Å². The first-order valence-corrected chi connectivity index (χ1v) is 5.50. The molecule has 2 heterocycles. The molecule has 2 aliphatic heterocycles. The third kappa shape index (κ3) is 1.95. The Labute approximate surface area is 79.7 Å². The molecule has 2 unspecified atom stereocenters. The summed E-state index contributed by atoms with van der Waals surface area (Å²) in [5, 5.41) is 0. The van der Waals surface area contributed by atoms with E-state index in [0.29, 0.717) is 12.2 Å². The van der Waals surface area contributed by atoms with Gasteiger partial charge in [0.2, 0.25) is 0 Å². The molecule has 0 radical (unpaired) electrons. The molecule has 0 aromatic carbocycles. The molecule has 0 aromatic heterocycles. The highest BCUT2D eigenvalue weighted by molar-refractivity contribution is 7.80. The maximum Gasteiger partial charge on any atom is 0.0707 e. The highest BCUT2D eigenvalue weighted by Gasteiger charge is 2.32. The van der Waals surface area contributed by atoms with Crippen LogP contribution < -0.4 is 0 Å². The summed E-state index contributed by atoms with van der Waals surface area (Å²) in [4.78, 5) is 2.53. The molecule has 2 saturated heterocycles. The third-order valence-corrected chi connectivity index (χ3v) is 3.07. The lowest BCUT2D eigenvalue weighted by atomic mass is 10.2. The topological polar surface area (TPSA) is 12.5 Å². The number of hydrogen-bond donors (Lipinski definition) is 1. The molecule has 2 nitrogen and oxygen atoms in total. The van der Waals surface area contributed by atoms with Crippen molar-refractivity contribution in [2.24, 2.45) is 0 Å². The number of fused-ring (bicyclic) bond motifs is 2. The van der Waals surface area contributed by atoms with Crippen LogP contribution >= 0.6 is 12.6 Å². The minimum Gasteiger partial charge on any atom is -0.372 e. The molecule has 0 saturated carbocycles. The van der Waals surface area contributed by atoms with Crippen LogP contribution in [0.3, 0.4) is 0 Å². The number of morpholine rings is 1. The maximum absolute atomic E-state index is 5.75. The lowest BCUT2D eigenvalue weighted by molar-refractivity contribution is -0.0379. The van der Waals surface area contributed by atoms with Gasteiger partial charge in [0.25, 0.3) is 0 Å². The van der Waals surface area contributed by atoms with Crippen molar-refractivity contribution < 1.29 is 4.74 Å². The predicted octanol–water partition coefficient (Wildman–Crippen LogP) is 1.17. The summed E-state index contributed by atoms with van der Waals surface area (Å²) in [6.07, 6.45) is 4.86. The van der Waals surface area contributed by atoms with E-state index >= 15 is 0 Å². The Morgan fingerprint density at radius 3 is 2.50 bits per heavy atom. The molecule has 2 rings (SSSR count). The van der Waals surface area contributed by atoms with Crippen LogP contribution in [0.25, 0.3) is 0 Å². The van der Waals surface area contributed by atoms with Crippen LogP contribution in [0.2, 0.25) is 0 Å². The van der Waals surface area contributed by atoms with E-state index in [2.05, 4.69) is 17.5 Å². The molecule has 0 aliphatic carbocycles. The molecule has 0 amide bonds. The van der Waals surface area contributed by atoms with Gasteiger partial charge in [0.15, 0.2) is 0 Å². The summed E-state index contributed by atoms with van der Waals surface area (Å²) in [5.74, 6) is 1.01. The second-order valence-corrected chi connectivity index (χ2v) is 4.24. The number of likely N-dealkylation sites (tertiary alicyclic amines) is 1. The molecule has 2 fully saturated rings. The Bertz CT molecular complexity index is 141. The SMILES string of the molecule is SCCCN1CC2CCC(C1)O2. The van der Waals surface area contributed by atoms with Gasteiger partial charge in [-0.3, -0.25) is 4.90 Å². The third-order valence-electron chi connectivity index (χ3n) is 2.75. The second-order valence-electron chi connectivity index (χ2n) is 3.79. The molecule has 12 heavy (non-hydrogen) atoms. The molecule has 0 aromatic rings. The molecule has 2 aliphatic rings. The summed E-state index contributed by atoms with van der Waals surface area (Å²) in [7, 11) is 0. The molecule has 2 bridgehead atoms. The van der Waals surface area contributed by atoms with Crippen LogP contribution in [0.15, 0.2) is 0 Å². The summed E-state index contributed by atoms with van der Waals surface area (Å²) >= 11 is 4.22. The highest BCUT2D eigenvalue weighted by Crippen LogP contribution is 2.25. The lowest BCUT2D eigenvalue weighted by Crippen LogP contribution is -2.42. The van der Waals surface area contributed by atoms with Gasteiger partial charge in [0, 0.05) is 13.1 Å². The van der Waals surface area contributed by atoms with Gasteiger partial charge < -0.3 is 4.74 Å². The first-order chi connectivity index (χ1) is 5.88. The minimum absolute atomic E-state index is 0.545. The quantitative estimate of drug-likeness (QED) is 0.666.